The highest BCUT2D eigenvalue weighted by molar-refractivity contribution is 5.76. The number of nitrogens with one attached hydrogen (secondary N) is 1. The minimum atomic E-state index is -0.174. The van der Waals surface area contributed by atoms with Crippen LogP contribution in [-0.2, 0) is 18.4 Å². The third kappa shape index (κ3) is 2.98. The first-order valence-corrected chi connectivity index (χ1v) is 5.43. The quantitative estimate of drug-likeness (QED) is 0.803. The second kappa shape index (κ2) is 5.01. The first-order valence-electron chi connectivity index (χ1n) is 5.43. The average molecular weight is 225 g/mol. The Bertz CT molecular complexity index is 417. The van der Waals surface area contributed by atoms with Crippen molar-refractivity contribution in [2.45, 2.75) is 33.4 Å². The summed E-state index contributed by atoms with van der Waals surface area (Å²) in [5.74, 6) is 0.256. The van der Waals surface area contributed by atoms with Crippen LogP contribution in [0.5, 0.6) is 0 Å². The van der Waals surface area contributed by atoms with Crippen LogP contribution in [-0.4, -0.2) is 21.1 Å². The molecule has 0 spiro atoms. The highest BCUT2D eigenvalue weighted by Crippen LogP contribution is 1.99. The van der Waals surface area contributed by atoms with Crippen LogP contribution in [0.25, 0.3) is 0 Å². The summed E-state index contributed by atoms with van der Waals surface area (Å²) in [6.45, 7) is 6.12. The number of amides is 1. The van der Waals surface area contributed by atoms with Gasteiger partial charge in [0.1, 0.15) is 6.54 Å². The summed E-state index contributed by atoms with van der Waals surface area (Å²) >= 11 is 0. The molecule has 5 nitrogen and oxygen atoms in total. The molecule has 5 heteroatoms. The fraction of sp³-hybridized carbons (Fsp3) is 0.636. The zero-order valence-electron chi connectivity index (χ0n) is 10.2. The second-order valence-electron chi connectivity index (χ2n) is 4.42. The van der Waals surface area contributed by atoms with E-state index in [1.165, 1.54) is 9.13 Å². The lowest BCUT2D eigenvalue weighted by Crippen LogP contribution is -2.39. The lowest BCUT2D eigenvalue weighted by atomic mass is 10.1. The molecule has 1 amide bonds. The minimum absolute atomic E-state index is 0.0801. The largest absolute Gasteiger partial charge is 0.352 e. The number of rotatable bonds is 4. The van der Waals surface area contributed by atoms with E-state index in [1.54, 1.807) is 19.4 Å². The Morgan fingerprint density at radius 2 is 2.00 bits per heavy atom. The Morgan fingerprint density at radius 3 is 2.44 bits per heavy atom. The van der Waals surface area contributed by atoms with Gasteiger partial charge in [-0.3, -0.25) is 9.36 Å². The molecule has 1 atom stereocenters. The van der Waals surface area contributed by atoms with Crippen LogP contribution >= 0.6 is 0 Å². The van der Waals surface area contributed by atoms with Crippen molar-refractivity contribution in [3.63, 3.8) is 0 Å². The van der Waals surface area contributed by atoms with E-state index in [9.17, 15) is 9.59 Å². The SMILES string of the molecule is CC(C)C(C)NC(=O)Cn1ccn(C)c1=O. The van der Waals surface area contributed by atoms with Crippen LogP contribution in [0.3, 0.4) is 0 Å². The van der Waals surface area contributed by atoms with Gasteiger partial charge in [0.2, 0.25) is 5.91 Å². The van der Waals surface area contributed by atoms with Gasteiger partial charge in [0.25, 0.3) is 0 Å². The van der Waals surface area contributed by atoms with E-state index in [0.29, 0.717) is 5.92 Å². The lowest BCUT2D eigenvalue weighted by Gasteiger charge is -2.17. The van der Waals surface area contributed by atoms with Crippen molar-refractivity contribution in [1.29, 1.82) is 0 Å². The summed E-state index contributed by atoms with van der Waals surface area (Å²) in [5.41, 5.74) is -0.174. The van der Waals surface area contributed by atoms with Gasteiger partial charge in [-0.15, -0.1) is 0 Å². The number of imidazole rings is 1. The third-order valence-electron chi connectivity index (χ3n) is 2.72. The fourth-order valence-corrected chi connectivity index (χ4v) is 1.25. The highest BCUT2D eigenvalue weighted by Gasteiger charge is 2.12. The average Bonchev–Trinajstić information content (AvgIpc) is 2.49. The molecule has 1 heterocycles. The molecule has 1 aromatic rings. The van der Waals surface area contributed by atoms with E-state index < -0.39 is 0 Å². The molecule has 0 aliphatic heterocycles. The molecule has 0 fully saturated rings. The van der Waals surface area contributed by atoms with Gasteiger partial charge in [-0.25, -0.2) is 4.79 Å². The fourth-order valence-electron chi connectivity index (χ4n) is 1.25. The summed E-state index contributed by atoms with van der Waals surface area (Å²) in [5, 5.41) is 2.86. The van der Waals surface area contributed by atoms with Crippen LogP contribution in [0.15, 0.2) is 17.2 Å². The predicted molar refractivity (Wildman–Crippen MR) is 62.1 cm³/mol. The normalized spacial score (nSPS) is 12.8. The number of nitrogens with zero attached hydrogens (tertiary/aromatic N) is 2. The Kier molecular flexibility index (Phi) is 3.93. The van der Waals surface area contributed by atoms with Gasteiger partial charge >= 0.3 is 5.69 Å². The number of aromatic nitrogens is 2. The van der Waals surface area contributed by atoms with Gasteiger partial charge in [0.15, 0.2) is 0 Å². The summed E-state index contributed by atoms with van der Waals surface area (Å²) in [6, 6.07) is 0.118. The molecule has 90 valence electrons. The van der Waals surface area contributed by atoms with Crippen molar-refractivity contribution >= 4 is 5.91 Å². The van der Waals surface area contributed by atoms with Crippen LogP contribution < -0.4 is 11.0 Å². The van der Waals surface area contributed by atoms with Crippen molar-refractivity contribution in [1.82, 2.24) is 14.5 Å². The molecular weight excluding hydrogens is 206 g/mol. The van der Waals surface area contributed by atoms with Crippen molar-refractivity contribution in [2.24, 2.45) is 13.0 Å². The molecule has 1 unspecified atom stereocenters. The van der Waals surface area contributed by atoms with Crippen molar-refractivity contribution in [2.75, 3.05) is 0 Å². The number of aryl methyl sites for hydroxylation is 1. The second-order valence-corrected chi connectivity index (χ2v) is 4.42. The monoisotopic (exact) mass is 225 g/mol. The molecule has 0 aromatic carbocycles. The lowest BCUT2D eigenvalue weighted by molar-refractivity contribution is -0.122. The summed E-state index contributed by atoms with van der Waals surface area (Å²) < 4.78 is 2.83. The van der Waals surface area contributed by atoms with Gasteiger partial charge < -0.3 is 9.88 Å². The Morgan fingerprint density at radius 1 is 1.38 bits per heavy atom. The predicted octanol–water partition coefficient (Wildman–Crippen LogP) is 0.347. The number of carbonyl (C=O) groups excluding carboxylic acids is 1. The summed E-state index contributed by atoms with van der Waals surface area (Å²) in [4.78, 5) is 23.1. The van der Waals surface area contributed by atoms with Gasteiger partial charge in [0, 0.05) is 25.5 Å². The van der Waals surface area contributed by atoms with E-state index >= 15 is 0 Å². The maximum absolute atomic E-state index is 11.6. The highest BCUT2D eigenvalue weighted by atomic mass is 16.2. The molecule has 1 rings (SSSR count). The van der Waals surface area contributed by atoms with Crippen LogP contribution in [0, 0.1) is 5.92 Å². The molecule has 16 heavy (non-hydrogen) atoms. The first kappa shape index (κ1) is 12.5. The maximum atomic E-state index is 11.6. The molecule has 0 aliphatic rings. The van der Waals surface area contributed by atoms with Crippen molar-refractivity contribution in [3.8, 4) is 0 Å². The maximum Gasteiger partial charge on any atom is 0.328 e. The topological polar surface area (TPSA) is 56.0 Å². The number of hydrogen-bond acceptors (Lipinski definition) is 2. The van der Waals surface area contributed by atoms with Gasteiger partial charge in [-0.1, -0.05) is 13.8 Å². The zero-order chi connectivity index (χ0) is 12.3. The van der Waals surface area contributed by atoms with E-state index in [-0.39, 0.29) is 24.2 Å². The van der Waals surface area contributed by atoms with Crippen molar-refractivity contribution < 1.29 is 4.79 Å². The van der Waals surface area contributed by atoms with E-state index in [2.05, 4.69) is 5.32 Å². The molecule has 0 saturated carbocycles. The van der Waals surface area contributed by atoms with Crippen molar-refractivity contribution in [3.05, 3.63) is 22.9 Å². The van der Waals surface area contributed by atoms with Gasteiger partial charge in [-0.2, -0.15) is 0 Å². The molecule has 1 aromatic heterocycles. The first-order chi connectivity index (χ1) is 7.41. The van der Waals surface area contributed by atoms with Gasteiger partial charge in [-0.05, 0) is 12.8 Å². The van der Waals surface area contributed by atoms with E-state index in [0.717, 1.165) is 0 Å². The molecule has 0 saturated heterocycles. The van der Waals surface area contributed by atoms with E-state index in [1.807, 2.05) is 20.8 Å². The Labute approximate surface area is 95.1 Å². The third-order valence-corrected chi connectivity index (χ3v) is 2.72. The molecule has 0 aliphatic carbocycles. The molecular formula is C11H19N3O2. The van der Waals surface area contributed by atoms with Gasteiger partial charge in [0.05, 0.1) is 0 Å². The van der Waals surface area contributed by atoms with Crippen LogP contribution in [0.1, 0.15) is 20.8 Å². The smallest absolute Gasteiger partial charge is 0.328 e. The van der Waals surface area contributed by atoms with E-state index in [4.69, 9.17) is 0 Å². The summed E-state index contributed by atoms with van der Waals surface area (Å²) in [7, 11) is 1.66. The zero-order valence-corrected chi connectivity index (χ0v) is 10.2. The molecule has 1 N–H and O–H groups in total. The summed E-state index contributed by atoms with van der Waals surface area (Å²) in [6.07, 6.45) is 3.25. The molecule has 0 radical (unpaired) electrons. The molecule has 0 bridgehead atoms. The Hall–Kier alpha value is -1.52. The van der Waals surface area contributed by atoms with Crippen LogP contribution in [0.4, 0.5) is 0 Å². The Balaban J connectivity index is 2.59. The standard InChI is InChI=1S/C11H19N3O2/c1-8(2)9(3)12-10(15)7-14-6-5-13(4)11(14)16/h5-6,8-9H,7H2,1-4H3,(H,12,15). The number of carbonyl (C=O) groups is 1. The van der Waals surface area contributed by atoms with Crippen LogP contribution in [0.2, 0.25) is 0 Å². The minimum Gasteiger partial charge on any atom is -0.352 e. The number of hydrogen-bond donors (Lipinski definition) is 1.